The maximum Gasteiger partial charge on any atom is 0.232 e. The number of hydrogen-bond acceptors (Lipinski definition) is 5. The number of hydrogen-bond donors (Lipinski definition) is 0. The number of likely N-dealkylation sites (tertiary alicyclic amines) is 1. The zero-order valence-electron chi connectivity index (χ0n) is 13.3. The minimum atomic E-state index is -0.0239. The zero-order valence-corrected chi connectivity index (χ0v) is 14.1. The number of carbonyl (C=O) groups is 1. The Bertz CT molecular complexity index is 840. The van der Waals surface area contributed by atoms with Crippen LogP contribution in [0.4, 0.5) is 0 Å². The Kier molecular flexibility index (Phi) is 3.90. The van der Waals surface area contributed by atoms with Gasteiger partial charge in [0.1, 0.15) is 0 Å². The maximum absolute atomic E-state index is 12.2. The van der Waals surface area contributed by atoms with Crippen molar-refractivity contribution in [2.24, 2.45) is 0 Å². The van der Waals surface area contributed by atoms with E-state index in [4.69, 9.17) is 4.52 Å². The number of nitrogens with zero attached hydrogens (tertiary/aromatic N) is 3. The number of amides is 1. The van der Waals surface area contributed by atoms with E-state index >= 15 is 0 Å². The smallest absolute Gasteiger partial charge is 0.232 e. The van der Waals surface area contributed by atoms with Gasteiger partial charge in [0, 0.05) is 23.4 Å². The van der Waals surface area contributed by atoms with Crippen molar-refractivity contribution in [2.75, 3.05) is 6.54 Å². The third-order valence-electron chi connectivity index (χ3n) is 4.24. The highest BCUT2D eigenvalue weighted by Crippen LogP contribution is 2.30. The molecule has 1 aliphatic rings. The average molecular weight is 339 g/mol. The zero-order chi connectivity index (χ0) is 16.5. The number of benzene rings is 1. The van der Waals surface area contributed by atoms with Crippen molar-refractivity contribution in [3.05, 3.63) is 58.1 Å². The Morgan fingerprint density at radius 1 is 1.29 bits per heavy atom. The summed E-state index contributed by atoms with van der Waals surface area (Å²) in [6.07, 6.45) is 0.431. The fourth-order valence-corrected chi connectivity index (χ4v) is 3.62. The second-order valence-electron chi connectivity index (χ2n) is 6.08. The third kappa shape index (κ3) is 2.97. The van der Waals surface area contributed by atoms with E-state index in [0.717, 1.165) is 5.56 Å². The molecule has 2 aromatic heterocycles. The molecular formula is C18H17N3O2S. The van der Waals surface area contributed by atoms with Crippen LogP contribution in [0.1, 0.15) is 28.7 Å². The van der Waals surface area contributed by atoms with E-state index in [1.807, 2.05) is 53.6 Å². The van der Waals surface area contributed by atoms with Gasteiger partial charge in [0.25, 0.3) is 0 Å². The number of rotatable bonds is 4. The lowest BCUT2D eigenvalue weighted by Crippen LogP contribution is -2.23. The quantitative estimate of drug-likeness (QED) is 0.728. The van der Waals surface area contributed by atoms with Crippen LogP contribution in [-0.4, -0.2) is 27.5 Å². The van der Waals surface area contributed by atoms with Gasteiger partial charge in [-0.3, -0.25) is 4.79 Å². The molecule has 0 N–H and O–H groups in total. The molecule has 122 valence electrons. The largest absolute Gasteiger partial charge is 0.339 e. The molecule has 1 saturated heterocycles. The van der Waals surface area contributed by atoms with Crippen molar-refractivity contribution in [3.63, 3.8) is 0 Å². The summed E-state index contributed by atoms with van der Waals surface area (Å²) in [5, 5.41) is 6.10. The van der Waals surface area contributed by atoms with Gasteiger partial charge in [-0.05, 0) is 18.4 Å². The molecular weight excluding hydrogens is 322 g/mol. The summed E-state index contributed by atoms with van der Waals surface area (Å²) >= 11 is 1.67. The van der Waals surface area contributed by atoms with Crippen molar-refractivity contribution in [3.8, 4) is 11.4 Å². The number of aryl methyl sites for hydroxylation is 1. The number of carbonyl (C=O) groups excluding carboxylic acids is 1. The van der Waals surface area contributed by atoms with Crippen LogP contribution in [0.5, 0.6) is 0 Å². The van der Waals surface area contributed by atoms with Gasteiger partial charge in [-0.1, -0.05) is 41.1 Å². The van der Waals surface area contributed by atoms with Crippen LogP contribution in [0.3, 0.4) is 0 Å². The first-order valence-electron chi connectivity index (χ1n) is 7.90. The van der Waals surface area contributed by atoms with Crippen molar-refractivity contribution in [1.29, 1.82) is 0 Å². The van der Waals surface area contributed by atoms with E-state index in [-0.39, 0.29) is 11.8 Å². The Hall–Kier alpha value is -2.47. The fourth-order valence-electron chi connectivity index (χ4n) is 2.90. The summed E-state index contributed by atoms with van der Waals surface area (Å²) in [6.45, 7) is 3.33. The second kappa shape index (κ2) is 6.20. The molecule has 0 spiro atoms. The van der Waals surface area contributed by atoms with Crippen LogP contribution in [-0.2, 0) is 11.3 Å². The molecule has 6 heteroatoms. The van der Waals surface area contributed by atoms with Crippen molar-refractivity contribution >= 4 is 17.2 Å². The van der Waals surface area contributed by atoms with Gasteiger partial charge in [-0.25, -0.2) is 0 Å². The molecule has 0 bridgehead atoms. The molecule has 5 nitrogen and oxygen atoms in total. The topological polar surface area (TPSA) is 59.2 Å². The predicted molar refractivity (Wildman–Crippen MR) is 91.6 cm³/mol. The molecule has 1 aliphatic heterocycles. The van der Waals surface area contributed by atoms with Crippen LogP contribution in [0, 0.1) is 6.92 Å². The molecule has 1 aromatic carbocycles. The Balaban J connectivity index is 1.49. The van der Waals surface area contributed by atoms with Crippen LogP contribution < -0.4 is 0 Å². The van der Waals surface area contributed by atoms with Crippen molar-refractivity contribution < 1.29 is 9.32 Å². The molecule has 0 radical (unpaired) electrons. The lowest BCUT2D eigenvalue weighted by molar-refractivity contribution is -0.128. The van der Waals surface area contributed by atoms with E-state index in [1.54, 1.807) is 11.3 Å². The van der Waals surface area contributed by atoms with Gasteiger partial charge in [0.2, 0.25) is 17.6 Å². The highest BCUT2D eigenvalue weighted by Gasteiger charge is 2.34. The summed E-state index contributed by atoms with van der Waals surface area (Å²) < 4.78 is 5.43. The van der Waals surface area contributed by atoms with E-state index in [2.05, 4.69) is 10.1 Å². The molecule has 24 heavy (non-hydrogen) atoms. The molecule has 1 fully saturated rings. The minimum absolute atomic E-state index is 0.0239. The number of thiophene rings is 1. The van der Waals surface area contributed by atoms with Crippen LogP contribution in [0.2, 0.25) is 0 Å². The predicted octanol–water partition coefficient (Wildman–Crippen LogP) is 3.62. The molecule has 0 aliphatic carbocycles. The summed E-state index contributed by atoms with van der Waals surface area (Å²) in [5.41, 5.74) is 2.11. The Labute approximate surface area is 143 Å². The fraction of sp³-hybridized carbons (Fsp3) is 0.278. The summed E-state index contributed by atoms with van der Waals surface area (Å²) in [5.74, 6) is 1.24. The lowest BCUT2D eigenvalue weighted by atomic mass is 10.1. The Morgan fingerprint density at radius 3 is 2.88 bits per heavy atom. The molecule has 1 atom stereocenters. The van der Waals surface area contributed by atoms with Gasteiger partial charge in [-0.15, -0.1) is 11.3 Å². The normalized spacial score (nSPS) is 17.6. The first kappa shape index (κ1) is 15.1. The molecule has 3 heterocycles. The summed E-state index contributed by atoms with van der Waals surface area (Å²) in [6, 6.07) is 12.1. The van der Waals surface area contributed by atoms with Gasteiger partial charge >= 0.3 is 0 Å². The van der Waals surface area contributed by atoms with Crippen LogP contribution >= 0.6 is 11.3 Å². The second-order valence-corrected chi connectivity index (χ2v) is 7.11. The summed E-state index contributed by atoms with van der Waals surface area (Å²) in [4.78, 5) is 19.8. The maximum atomic E-state index is 12.2. The van der Waals surface area contributed by atoms with Gasteiger partial charge in [0.15, 0.2) is 0 Å². The van der Waals surface area contributed by atoms with E-state index < -0.39 is 0 Å². The van der Waals surface area contributed by atoms with E-state index in [1.165, 1.54) is 10.4 Å². The third-order valence-corrected chi connectivity index (χ3v) is 5.10. The lowest BCUT2D eigenvalue weighted by Gasteiger charge is -2.14. The molecule has 0 saturated carbocycles. The van der Waals surface area contributed by atoms with Gasteiger partial charge in [-0.2, -0.15) is 4.98 Å². The standard InChI is InChI=1S/C18H17N3O2S/c1-12-4-6-13(7-5-12)17-19-18(23-20-17)14-9-16(22)21(10-14)11-15-3-2-8-24-15/h2-8,14H,9-11H2,1H3. The van der Waals surface area contributed by atoms with Gasteiger partial charge < -0.3 is 9.42 Å². The highest BCUT2D eigenvalue weighted by molar-refractivity contribution is 7.09. The minimum Gasteiger partial charge on any atom is -0.339 e. The van der Waals surface area contributed by atoms with Gasteiger partial charge in [0.05, 0.1) is 12.5 Å². The van der Waals surface area contributed by atoms with Crippen molar-refractivity contribution in [1.82, 2.24) is 15.0 Å². The summed E-state index contributed by atoms with van der Waals surface area (Å²) in [7, 11) is 0. The Morgan fingerprint density at radius 2 is 2.12 bits per heavy atom. The SMILES string of the molecule is Cc1ccc(-c2noc(C3CC(=O)N(Cc4cccs4)C3)n2)cc1. The van der Waals surface area contributed by atoms with Crippen molar-refractivity contribution in [2.45, 2.75) is 25.8 Å². The first-order valence-corrected chi connectivity index (χ1v) is 8.78. The molecule has 1 unspecified atom stereocenters. The average Bonchev–Trinajstić information content (AvgIpc) is 3.31. The first-order chi connectivity index (χ1) is 11.7. The number of aromatic nitrogens is 2. The molecule has 1 amide bonds. The molecule has 4 rings (SSSR count). The van der Waals surface area contributed by atoms with E-state index in [9.17, 15) is 4.79 Å². The monoisotopic (exact) mass is 339 g/mol. The van der Waals surface area contributed by atoms with E-state index in [0.29, 0.717) is 31.2 Å². The molecule has 3 aromatic rings. The highest BCUT2D eigenvalue weighted by atomic mass is 32.1. The van der Waals surface area contributed by atoms with Crippen LogP contribution in [0.25, 0.3) is 11.4 Å². The van der Waals surface area contributed by atoms with Crippen LogP contribution in [0.15, 0.2) is 46.3 Å².